The number of rotatable bonds is 4. The number of anilines is 1. The predicted octanol–water partition coefficient (Wildman–Crippen LogP) is 3.48. The zero-order valence-electron chi connectivity index (χ0n) is 15.3. The number of H-pyrrole nitrogens is 1. The minimum absolute atomic E-state index is 0.000605. The van der Waals surface area contributed by atoms with Crippen LogP contribution in [-0.2, 0) is 6.18 Å². The summed E-state index contributed by atoms with van der Waals surface area (Å²) in [5, 5.41) is 22.3. The third-order valence-electron chi connectivity index (χ3n) is 5.24. The number of nitrogens with one attached hydrogen (secondary N) is 2. The molecule has 3 aromatic heterocycles. The number of hydrogen-bond acceptors (Lipinski definition) is 6. The van der Waals surface area contributed by atoms with Gasteiger partial charge in [0.25, 0.3) is 0 Å². The van der Waals surface area contributed by atoms with Gasteiger partial charge in [0.2, 0.25) is 5.95 Å². The number of nitrogens with zero attached hydrogens (tertiary/aromatic N) is 4. The molecule has 1 fully saturated rings. The van der Waals surface area contributed by atoms with Gasteiger partial charge in [0.15, 0.2) is 0 Å². The Labute approximate surface area is 163 Å². The van der Waals surface area contributed by atoms with Crippen LogP contribution in [0.15, 0.2) is 24.7 Å². The number of pyridine rings is 1. The molecule has 4 rings (SSSR count). The summed E-state index contributed by atoms with van der Waals surface area (Å²) < 4.78 is 39.3. The van der Waals surface area contributed by atoms with Crippen molar-refractivity contribution in [2.45, 2.75) is 38.1 Å². The number of alkyl halides is 3. The lowest BCUT2D eigenvalue weighted by Crippen LogP contribution is -2.39. The van der Waals surface area contributed by atoms with Crippen LogP contribution in [0.4, 0.5) is 19.1 Å². The third-order valence-corrected chi connectivity index (χ3v) is 5.24. The van der Waals surface area contributed by atoms with Crippen LogP contribution in [-0.4, -0.2) is 37.2 Å². The van der Waals surface area contributed by atoms with Crippen molar-refractivity contribution in [3.05, 3.63) is 35.8 Å². The Balaban J connectivity index is 1.73. The van der Waals surface area contributed by atoms with Gasteiger partial charge in [0, 0.05) is 29.4 Å². The molecule has 1 aliphatic rings. The molecule has 1 saturated carbocycles. The van der Waals surface area contributed by atoms with Gasteiger partial charge in [-0.15, -0.1) is 0 Å². The lowest BCUT2D eigenvalue weighted by Gasteiger charge is -2.36. The normalized spacial score (nSPS) is 20.1. The second kappa shape index (κ2) is 7.00. The number of hydrogen-bond donors (Lipinski definition) is 3. The van der Waals surface area contributed by atoms with E-state index < -0.39 is 11.7 Å². The minimum Gasteiger partial charge on any atom is -0.393 e. The maximum atomic E-state index is 13.1. The Morgan fingerprint density at radius 3 is 2.72 bits per heavy atom. The topological polar surface area (TPSA) is 111 Å². The highest BCUT2D eigenvalue weighted by Gasteiger charge is 2.33. The first kappa shape index (κ1) is 19.1. The fraction of sp³-hybridized carbons (Fsp3) is 0.368. The van der Waals surface area contributed by atoms with Gasteiger partial charge in [0.05, 0.1) is 29.1 Å². The van der Waals surface area contributed by atoms with Gasteiger partial charge in [-0.1, -0.05) is 0 Å². The molecule has 0 unspecified atom stereocenters. The molecule has 1 aliphatic carbocycles. The van der Waals surface area contributed by atoms with Crippen molar-refractivity contribution in [2.24, 2.45) is 5.92 Å². The zero-order valence-corrected chi connectivity index (χ0v) is 15.3. The van der Waals surface area contributed by atoms with Crippen LogP contribution in [0.25, 0.3) is 22.3 Å². The van der Waals surface area contributed by atoms with E-state index >= 15 is 0 Å². The van der Waals surface area contributed by atoms with E-state index in [4.69, 9.17) is 0 Å². The van der Waals surface area contributed by atoms with E-state index in [2.05, 4.69) is 25.3 Å². The Hall–Kier alpha value is -3.19. The predicted molar refractivity (Wildman–Crippen MR) is 98.7 cm³/mol. The molecule has 3 N–H and O–H groups in total. The van der Waals surface area contributed by atoms with E-state index in [9.17, 15) is 23.5 Å². The minimum atomic E-state index is -4.53. The number of aromatic nitrogens is 4. The van der Waals surface area contributed by atoms with Crippen molar-refractivity contribution in [2.75, 3.05) is 5.32 Å². The number of nitriles is 1. The van der Waals surface area contributed by atoms with Crippen molar-refractivity contribution >= 4 is 17.0 Å². The van der Waals surface area contributed by atoms with Crippen LogP contribution < -0.4 is 5.32 Å². The van der Waals surface area contributed by atoms with E-state index in [1.807, 2.05) is 13.0 Å². The number of aliphatic hydroxyl groups excluding tert-OH is 1. The maximum Gasteiger partial charge on any atom is 0.417 e. The molecular formula is C19H17F3N6O. The molecule has 0 radical (unpaired) electrons. The van der Waals surface area contributed by atoms with E-state index in [1.165, 1.54) is 12.4 Å². The molecule has 0 aliphatic heterocycles. The van der Waals surface area contributed by atoms with Crippen LogP contribution >= 0.6 is 0 Å². The standard InChI is InChI=1S/C19H17F3N6O/c1-9(10-2-13(29)3-10)27-18-26-6-11(5-23)16(28-18)15-8-25-17-14(15)4-12(7-24-17)19(20,21)22/h4,6-10,13,29H,2-3H2,1H3,(H,24,25)(H,26,27,28)/t9-,10-,13-/m0/s1. The smallest absolute Gasteiger partial charge is 0.393 e. The number of halogens is 3. The molecule has 150 valence electrons. The summed E-state index contributed by atoms with van der Waals surface area (Å²) in [6.07, 6.45) is 0.133. The highest BCUT2D eigenvalue weighted by Crippen LogP contribution is 2.35. The van der Waals surface area contributed by atoms with Crippen molar-refractivity contribution in [1.82, 2.24) is 19.9 Å². The summed E-state index contributed by atoms with van der Waals surface area (Å²) in [4.78, 5) is 15.2. The number of aromatic amines is 1. The molecule has 7 nitrogen and oxygen atoms in total. The van der Waals surface area contributed by atoms with Crippen molar-refractivity contribution in [3.63, 3.8) is 0 Å². The highest BCUT2D eigenvalue weighted by atomic mass is 19.4. The zero-order chi connectivity index (χ0) is 20.8. The van der Waals surface area contributed by atoms with Crippen LogP contribution in [0.1, 0.15) is 30.9 Å². The summed E-state index contributed by atoms with van der Waals surface area (Å²) in [6, 6.07) is 2.97. The maximum absolute atomic E-state index is 13.1. The van der Waals surface area contributed by atoms with Gasteiger partial charge >= 0.3 is 6.18 Å². The van der Waals surface area contributed by atoms with Gasteiger partial charge in [-0.25, -0.2) is 15.0 Å². The third kappa shape index (κ3) is 3.61. The van der Waals surface area contributed by atoms with Crippen molar-refractivity contribution in [1.29, 1.82) is 5.26 Å². The molecule has 0 bridgehead atoms. The molecule has 0 saturated heterocycles. The SMILES string of the molecule is C[C@H](Nc1ncc(C#N)c(-c2c[nH]c3ncc(C(F)(F)F)cc23)n1)[C@H]1C[C@H](O)C1. The number of aliphatic hydroxyl groups is 1. The second-order valence-corrected chi connectivity index (χ2v) is 7.21. The summed E-state index contributed by atoms with van der Waals surface area (Å²) in [5.74, 6) is 0.543. The molecular weight excluding hydrogens is 385 g/mol. The first-order valence-corrected chi connectivity index (χ1v) is 9.02. The Kier molecular flexibility index (Phi) is 4.62. The van der Waals surface area contributed by atoms with Crippen molar-refractivity contribution < 1.29 is 18.3 Å². The van der Waals surface area contributed by atoms with E-state index in [1.54, 1.807) is 0 Å². The van der Waals surface area contributed by atoms with Crippen molar-refractivity contribution in [3.8, 4) is 17.3 Å². The average molecular weight is 402 g/mol. The number of fused-ring (bicyclic) bond motifs is 1. The fourth-order valence-electron chi connectivity index (χ4n) is 3.45. The van der Waals surface area contributed by atoms with Crippen LogP contribution in [0.2, 0.25) is 0 Å². The quantitative estimate of drug-likeness (QED) is 0.616. The van der Waals surface area contributed by atoms with E-state index in [0.717, 1.165) is 12.3 Å². The molecule has 0 aromatic carbocycles. The lowest BCUT2D eigenvalue weighted by molar-refractivity contribution is -0.137. The largest absolute Gasteiger partial charge is 0.417 e. The van der Waals surface area contributed by atoms with Gasteiger partial charge in [0.1, 0.15) is 11.7 Å². The first-order chi connectivity index (χ1) is 13.8. The molecule has 3 heterocycles. The molecule has 0 spiro atoms. The summed E-state index contributed by atoms with van der Waals surface area (Å²) in [7, 11) is 0. The van der Waals surface area contributed by atoms with Crippen LogP contribution in [0.3, 0.4) is 0 Å². The molecule has 1 atom stereocenters. The molecule has 0 amide bonds. The van der Waals surface area contributed by atoms with E-state index in [-0.39, 0.29) is 46.3 Å². The lowest BCUT2D eigenvalue weighted by atomic mass is 9.78. The average Bonchev–Trinajstić information content (AvgIpc) is 3.07. The first-order valence-electron chi connectivity index (χ1n) is 9.02. The second-order valence-electron chi connectivity index (χ2n) is 7.21. The van der Waals surface area contributed by atoms with Gasteiger partial charge in [-0.05, 0) is 31.7 Å². The van der Waals surface area contributed by atoms with Crippen LogP contribution in [0.5, 0.6) is 0 Å². The van der Waals surface area contributed by atoms with Gasteiger partial charge in [-0.2, -0.15) is 18.4 Å². The molecule has 3 aromatic rings. The van der Waals surface area contributed by atoms with E-state index in [0.29, 0.717) is 18.4 Å². The highest BCUT2D eigenvalue weighted by molar-refractivity contribution is 5.94. The van der Waals surface area contributed by atoms with Crippen LogP contribution in [0, 0.1) is 17.2 Å². The summed E-state index contributed by atoms with van der Waals surface area (Å²) >= 11 is 0. The molecule has 29 heavy (non-hydrogen) atoms. The summed E-state index contributed by atoms with van der Waals surface area (Å²) in [5.41, 5.74) is 0.0851. The monoisotopic (exact) mass is 402 g/mol. The Morgan fingerprint density at radius 1 is 1.31 bits per heavy atom. The van der Waals surface area contributed by atoms with Gasteiger partial charge in [-0.3, -0.25) is 0 Å². The Morgan fingerprint density at radius 2 is 2.07 bits per heavy atom. The molecule has 10 heteroatoms. The Bertz CT molecular complexity index is 1100. The summed E-state index contributed by atoms with van der Waals surface area (Å²) in [6.45, 7) is 1.95. The van der Waals surface area contributed by atoms with Gasteiger partial charge < -0.3 is 15.4 Å². The fourth-order valence-corrected chi connectivity index (χ4v) is 3.45.